The zero-order chi connectivity index (χ0) is 11.5. The van der Waals surface area contributed by atoms with Gasteiger partial charge in [0.05, 0.1) is 4.92 Å². The molecule has 0 saturated heterocycles. The van der Waals surface area contributed by atoms with Crippen molar-refractivity contribution in [1.29, 1.82) is 0 Å². The summed E-state index contributed by atoms with van der Waals surface area (Å²) in [6.45, 7) is 0.470. The van der Waals surface area contributed by atoms with E-state index in [1.165, 1.54) is 6.07 Å². The molecule has 0 radical (unpaired) electrons. The third kappa shape index (κ3) is 1.67. The van der Waals surface area contributed by atoms with Gasteiger partial charge in [-0.1, -0.05) is 12.1 Å². The van der Waals surface area contributed by atoms with Gasteiger partial charge in [0.1, 0.15) is 11.8 Å². The summed E-state index contributed by atoms with van der Waals surface area (Å²) in [5, 5.41) is 11.7. The van der Waals surface area contributed by atoms with E-state index in [2.05, 4.69) is 0 Å². The molecule has 2 aromatic rings. The summed E-state index contributed by atoms with van der Waals surface area (Å²) in [6, 6.07) is 6.76. The number of fused-ring (bicyclic) bond motifs is 1. The van der Waals surface area contributed by atoms with Gasteiger partial charge in [-0.15, -0.1) is 0 Å². The van der Waals surface area contributed by atoms with Crippen LogP contribution in [0, 0.1) is 10.1 Å². The Bertz CT molecular complexity index is 545. The summed E-state index contributed by atoms with van der Waals surface area (Å²) in [4.78, 5) is 20.8. The number of aromatic nitrogens is 1. The van der Waals surface area contributed by atoms with Crippen LogP contribution in [0.4, 0.5) is 5.69 Å². The van der Waals surface area contributed by atoms with Crippen LogP contribution in [0.25, 0.3) is 10.9 Å². The maximum absolute atomic E-state index is 10.9. The summed E-state index contributed by atoms with van der Waals surface area (Å²) in [6.07, 6.45) is 2.93. The first-order valence-corrected chi connectivity index (χ1v) is 4.90. The second-order valence-electron chi connectivity index (χ2n) is 3.44. The van der Waals surface area contributed by atoms with Crippen molar-refractivity contribution in [2.75, 3.05) is 0 Å². The van der Waals surface area contributed by atoms with Crippen LogP contribution in [0.2, 0.25) is 0 Å². The Morgan fingerprint density at radius 3 is 2.88 bits per heavy atom. The first-order valence-electron chi connectivity index (χ1n) is 4.90. The van der Waals surface area contributed by atoms with Crippen molar-refractivity contribution in [3.05, 3.63) is 40.6 Å². The van der Waals surface area contributed by atoms with Crippen LogP contribution in [0.3, 0.4) is 0 Å². The standard InChI is InChI=1S/C11H10N2O3/c14-8-2-6-12-7-5-9-3-1-4-10(11(9)12)13(15)16/h1,3-5,7-8H,2,6H2. The fourth-order valence-electron chi connectivity index (χ4n) is 1.77. The molecule has 0 aliphatic rings. The first-order chi connectivity index (χ1) is 7.74. The third-order valence-electron chi connectivity index (χ3n) is 2.45. The number of carbonyl (C=O) groups excluding carboxylic acids is 1. The van der Waals surface area contributed by atoms with Crippen molar-refractivity contribution in [3.63, 3.8) is 0 Å². The van der Waals surface area contributed by atoms with E-state index in [4.69, 9.17) is 0 Å². The Balaban J connectivity index is 2.58. The van der Waals surface area contributed by atoms with E-state index < -0.39 is 4.92 Å². The Morgan fingerprint density at radius 2 is 2.19 bits per heavy atom. The minimum absolute atomic E-state index is 0.0772. The minimum atomic E-state index is -0.403. The van der Waals surface area contributed by atoms with Gasteiger partial charge in [0.15, 0.2) is 0 Å². The predicted molar refractivity (Wildman–Crippen MR) is 59.3 cm³/mol. The number of hydrogen-bond donors (Lipinski definition) is 0. The molecule has 0 saturated carbocycles. The zero-order valence-corrected chi connectivity index (χ0v) is 8.50. The van der Waals surface area contributed by atoms with E-state index in [1.807, 2.05) is 12.1 Å². The molecule has 5 heteroatoms. The molecule has 16 heavy (non-hydrogen) atoms. The zero-order valence-electron chi connectivity index (χ0n) is 8.50. The molecular weight excluding hydrogens is 208 g/mol. The second kappa shape index (κ2) is 4.14. The molecule has 1 aromatic heterocycles. The number of nitro groups is 1. The number of rotatable bonds is 4. The molecule has 0 atom stereocenters. The SMILES string of the molecule is O=CCCn1ccc2cccc([N+](=O)[O-])c21. The van der Waals surface area contributed by atoms with Crippen molar-refractivity contribution in [1.82, 2.24) is 4.57 Å². The molecule has 1 aromatic carbocycles. The Labute approximate surface area is 91.4 Å². The van der Waals surface area contributed by atoms with Gasteiger partial charge < -0.3 is 9.36 Å². The quantitative estimate of drug-likeness (QED) is 0.448. The summed E-state index contributed by atoms with van der Waals surface area (Å²) in [7, 11) is 0. The smallest absolute Gasteiger partial charge is 0.293 e. The minimum Gasteiger partial charge on any atom is -0.341 e. The molecule has 82 valence electrons. The van der Waals surface area contributed by atoms with Crippen LogP contribution in [0.5, 0.6) is 0 Å². The van der Waals surface area contributed by atoms with E-state index in [-0.39, 0.29) is 5.69 Å². The summed E-state index contributed by atoms with van der Waals surface area (Å²) in [5.41, 5.74) is 0.655. The molecule has 5 nitrogen and oxygen atoms in total. The first kappa shape index (κ1) is 10.4. The van der Waals surface area contributed by atoms with Gasteiger partial charge in [0.2, 0.25) is 0 Å². The number of benzene rings is 1. The van der Waals surface area contributed by atoms with Crippen molar-refractivity contribution in [3.8, 4) is 0 Å². The highest BCUT2D eigenvalue weighted by Gasteiger charge is 2.14. The van der Waals surface area contributed by atoms with Crippen molar-refractivity contribution < 1.29 is 9.72 Å². The lowest BCUT2D eigenvalue weighted by Gasteiger charge is -2.02. The maximum atomic E-state index is 10.9. The van der Waals surface area contributed by atoms with Crippen molar-refractivity contribution in [2.24, 2.45) is 0 Å². The van der Waals surface area contributed by atoms with E-state index in [0.717, 1.165) is 11.7 Å². The number of carbonyl (C=O) groups is 1. The average molecular weight is 218 g/mol. The van der Waals surface area contributed by atoms with Crippen LogP contribution in [-0.2, 0) is 11.3 Å². The Hall–Kier alpha value is -2.17. The molecule has 0 amide bonds. The summed E-state index contributed by atoms with van der Waals surface area (Å²) < 4.78 is 1.74. The van der Waals surface area contributed by atoms with Crippen LogP contribution >= 0.6 is 0 Å². The van der Waals surface area contributed by atoms with E-state index in [1.54, 1.807) is 16.8 Å². The van der Waals surface area contributed by atoms with Gasteiger partial charge in [-0.05, 0) is 6.07 Å². The number of nitro benzene ring substituents is 1. The number of aldehydes is 1. The monoisotopic (exact) mass is 218 g/mol. The van der Waals surface area contributed by atoms with E-state index in [0.29, 0.717) is 18.5 Å². The Kier molecular flexibility index (Phi) is 2.68. The summed E-state index contributed by atoms with van der Waals surface area (Å²) in [5.74, 6) is 0. The number of nitrogens with zero attached hydrogens (tertiary/aromatic N) is 2. The molecule has 0 fully saturated rings. The number of para-hydroxylation sites is 1. The van der Waals surface area contributed by atoms with Gasteiger partial charge in [0.25, 0.3) is 5.69 Å². The van der Waals surface area contributed by atoms with Crippen molar-refractivity contribution >= 4 is 22.9 Å². The predicted octanol–water partition coefficient (Wildman–Crippen LogP) is 2.14. The summed E-state index contributed by atoms with van der Waals surface area (Å²) >= 11 is 0. The molecule has 0 unspecified atom stereocenters. The number of hydrogen-bond acceptors (Lipinski definition) is 3. The van der Waals surface area contributed by atoms with Gasteiger partial charge in [-0.3, -0.25) is 10.1 Å². The highest BCUT2D eigenvalue weighted by molar-refractivity contribution is 5.88. The second-order valence-corrected chi connectivity index (χ2v) is 3.44. The van der Waals surface area contributed by atoms with Gasteiger partial charge in [0, 0.05) is 30.6 Å². The van der Waals surface area contributed by atoms with Crippen LogP contribution in [0.1, 0.15) is 6.42 Å². The largest absolute Gasteiger partial charge is 0.341 e. The molecule has 0 bridgehead atoms. The molecule has 1 heterocycles. The highest BCUT2D eigenvalue weighted by atomic mass is 16.6. The fraction of sp³-hybridized carbons (Fsp3) is 0.182. The van der Waals surface area contributed by atoms with Crippen LogP contribution in [0.15, 0.2) is 30.5 Å². The topological polar surface area (TPSA) is 65.1 Å². The normalized spacial score (nSPS) is 10.5. The fourth-order valence-corrected chi connectivity index (χ4v) is 1.77. The third-order valence-corrected chi connectivity index (χ3v) is 2.45. The molecule has 0 spiro atoms. The number of non-ortho nitro benzene ring substituents is 1. The molecule has 0 N–H and O–H groups in total. The number of aryl methyl sites for hydroxylation is 1. The lowest BCUT2D eigenvalue weighted by Crippen LogP contribution is -1.99. The Morgan fingerprint density at radius 1 is 1.38 bits per heavy atom. The van der Waals surface area contributed by atoms with Crippen LogP contribution in [-0.4, -0.2) is 15.8 Å². The van der Waals surface area contributed by atoms with Gasteiger partial charge in [-0.2, -0.15) is 0 Å². The molecule has 2 rings (SSSR count). The highest BCUT2D eigenvalue weighted by Crippen LogP contribution is 2.26. The van der Waals surface area contributed by atoms with E-state index >= 15 is 0 Å². The van der Waals surface area contributed by atoms with E-state index in [9.17, 15) is 14.9 Å². The molecule has 0 aliphatic heterocycles. The van der Waals surface area contributed by atoms with Gasteiger partial charge in [-0.25, -0.2) is 0 Å². The lowest BCUT2D eigenvalue weighted by atomic mass is 10.2. The molecular formula is C11H10N2O3. The van der Waals surface area contributed by atoms with Crippen molar-refractivity contribution in [2.45, 2.75) is 13.0 Å². The molecule has 0 aliphatic carbocycles. The lowest BCUT2D eigenvalue weighted by molar-refractivity contribution is -0.383. The van der Waals surface area contributed by atoms with Crippen LogP contribution < -0.4 is 0 Å². The van der Waals surface area contributed by atoms with Gasteiger partial charge >= 0.3 is 0 Å². The maximum Gasteiger partial charge on any atom is 0.293 e. The average Bonchev–Trinajstić information content (AvgIpc) is 2.69.